The summed E-state index contributed by atoms with van der Waals surface area (Å²) in [5, 5.41) is 0. The molecule has 100 valence electrons. The van der Waals surface area contributed by atoms with Gasteiger partial charge in [-0.3, -0.25) is 4.90 Å². The van der Waals surface area contributed by atoms with Crippen LogP contribution in [0.3, 0.4) is 0 Å². The lowest BCUT2D eigenvalue weighted by molar-refractivity contribution is 0.133. The van der Waals surface area contributed by atoms with Crippen molar-refractivity contribution in [3.05, 3.63) is 24.3 Å². The maximum atomic E-state index is 5.81. The Hall–Kier alpha value is -0.670. The number of ether oxygens (including phenoxy) is 1. The first-order chi connectivity index (χ1) is 8.79. The van der Waals surface area contributed by atoms with E-state index in [1.807, 2.05) is 0 Å². The molecule has 18 heavy (non-hydrogen) atoms. The van der Waals surface area contributed by atoms with Crippen LogP contribution in [0.1, 0.15) is 26.2 Å². The van der Waals surface area contributed by atoms with Crippen LogP contribution in [0.4, 0.5) is 0 Å². The lowest BCUT2D eigenvalue weighted by atomic mass is 10.0. The smallest absolute Gasteiger partial charge is 0.119 e. The van der Waals surface area contributed by atoms with Crippen LogP contribution in [0.25, 0.3) is 0 Å². The predicted octanol–water partition coefficient (Wildman–Crippen LogP) is 3.66. The fourth-order valence-corrected chi connectivity index (χ4v) is 2.85. The topological polar surface area (TPSA) is 12.5 Å². The molecule has 1 atom stereocenters. The van der Waals surface area contributed by atoms with E-state index in [0.717, 1.165) is 24.9 Å². The van der Waals surface area contributed by atoms with Gasteiger partial charge in [0.05, 0.1) is 0 Å². The normalized spacial score (nSPS) is 20.9. The second kappa shape index (κ2) is 7.05. The molecule has 0 aromatic heterocycles. The van der Waals surface area contributed by atoms with Crippen LogP contribution in [0.2, 0.25) is 0 Å². The van der Waals surface area contributed by atoms with Crippen LogP contribution in [0.5, 0.6) is 5.75 Å². The quantitative estimate of drug-likeness (QED) is 0.754. The van der Waals surface area contributed by atoms with Crippen molar-refractivity contribution in [3.63, 3.8) is 0 Å². The number of hydrogen-bond donors (Lipinski definition) is 0. The zero-order valence-corrected chi connectivity index (χ0v) is 12.2. The van der Waals surface area contributed by atoms with E-state index in [1.54, 1.807) is 11.8 Å². The van der Waals surface area contributed by atoms with Gasteiger partial charge in [-0.05, 0) is 56.8 Å². The molecule has 1 aromatic rings. The molecule has 0 saturated carbocycles. The second-order valence-electron chi connectivity index (χ2n) is 4.90. The fraction of sp³-hybridized carbons (Fsp3) is 0.600. The highest BCUT2D eigenvalue weighted by Gasteiger charge is 2.17. The molecule has 1 saturated heterocycles. The van der Waals surface area contributed by atoms with Crippen LogP contribution < -0.4 is 4.74 Å². The first-order valence-corrected chi connectivity index (χ1v) is 8.03. The van der Waals surface area contributed by atoms with Gasteiger partial charge in [0.15, 0.2) is 0 Å². The van der Waals surface area contributed by atoms with Crippen LogP contribution in [0.15, 0.2) is 29.2 Å². The van der Waals surface area contributed by atoms with Crippen molar-refractivity contribution in [1.82, 2.24) is 4.90 Å². The third kappa shape index (κ3) is 3.92. The predicted molar refractivity (Wildman–Crippen MR) is 78.6 cm³/mol. The Morgan fingerprint density at radius 2 is 2.06 bits per heavy atom. The molecule has 1 fully saturated rings. The maximum absolute atomic E-state index is 5.81. The average molecular weight is 265 g/mol. The highest BCUT2D eigenvalue weighted by molar-refractivity contribution is 7.98. The van der Waals surface area contributed by atoms with Gasteiger partial charge in [-0.15, -0.1) is 11.8 Å². The van der Waals surface area contributed by atoms with E-state index >= 15 is 0 Å². The SMILES string of the molecule is CSc1ccc(OCCN2CCCCC2C)cc1. The summed E-state index contributed by atoms with van der Waals surface area (Å²) in [6.07, 6.45) is 6.15. The monoisotopic (exact) mass is 265 g/mol. The number of likely N-dealkylation sites (tertiary alicyclic amines) is 1. The minimum Gasteiger partial charge on any atom is -0.492 e. The summed E-state index contributed by atoms with van der Waals surface area (Å²) in [4.78, 5) is 3.83. The highest BCUT2D eigenvalue weighted by Crippen LogP contribution is 2.19. The molecule has 1 aliphatic rings. The van der Waals surface area contributed by atoms with E-state index in [1.165, 1.54) is 30.7 Å². The van der Waals surface area contributed by atoms with Gasteiger partial charge >= 0.3 is 0 Å². The molecule has 0 spiro atoms. The van der Waals surface area contributed by atoms with Crippen molar-refractivity contribution < 1.29 is 4.74 Å². The van der Waals surface area contributed by atoms with Gasteiger partial charge in [0.25, 0.3) is 0 Å². The van der Waals surface area contributed by atoms with Gasteiger partial charge in [0.1, 0.15) is 12.4 Å². The van der Waals surface area contributed by atoms with Crippen molar-refractivity contribution in [2.45, 2.75) is 37.1 Å². The summed E-state index contributed by atoms with van der Waals surface area (Å²) in [5.74, 6) is 0.984. The molecular formula is C15H23NOS. The Labute approximate surface area is 115 Å². The molecule has 1 unspecified atom stereocenters. The number of piperidine rings is 1. The summed E-state index contributed by atoms with van der Waals surface area (Å²) in [6.45, 7) is 5.40. The summed E-state index contributed by atoms with van der Waals surface area (Å²) in [5.41, 5.74) is 0. The molecule has 0 amide bonds. The number of nitrogens with zero attached hydrogens (tertiary/aromatic N) is 1. The van der Waals surface area contributed by atoms with E-state index in [2.05, 4.69) is 42.3 Å². The summed E-state index contributed by atoms with van der Waals surface area (Å²) in [6, 6.07) is 9.07. The van der Waals surface area contributed by atoms with Crippen molar-refractivity contribution in [2.75, 3.05) is 26.0 Å². The molecule has 0 bridgehead atoms. The lowest BCUT2D eigenvalue weighted by Crippen LogP contribution is -2.39. The molecule has 2 nitrogen and oxygen atoms in total. The Kier molecular flexibility index (Phi) is 5.39. The first kappa shape index (κ1) is 13.8. The van der Waals surface area contributed by atoms with Crippen LogP contribution in [-0.4, -0.2) is 36.9 Å². The second-order valence-corrected chi connectivity index (χ2v) is 5.78. The molecular weight excluding hydrogens is 242 g/mol. The Balaban J connectivity index is 1.73. The largest absolute Gasteiger partial charge is 0.492 e. The van der Waals surface area contributed by atoms with E-state index in [4.69, 9.17) is 4.74 Å². The summed E-state index contributed by atoms with van der Waals surface area (Å²) in [7, 11) is 0. The number of rotatable bonds is 5. The van der Waals surface area contributed by atoms with Gasteiger partial charge in [0, 0.05) is 17.5 Å². The van der Waals surface area contributed by atoms with Gasteiger partial charge < -0.3 is 4.74 Å². The Morgan fingerprint density at radius 1 is 1.28 bits per heavy atom. The van der Waals surface area contributed by atoms with Crippen molar-refractivity contribution >= 4 is 11.8 Å². The number of benzene rings is 1. The fourth-order valence-electron chi connectivity index (χ4n) is 2.44. The molecule has 0 N–H and O–H groups in total. The van der Waals surface area contributed by atoms with E-state index < -0.39 is 0 Å². The highest BCUT2D eigenvalue weighted by atomic mass is 32.2. The van der Waals surface area contributed by atoms with Gasteiger partial charge in [-0.25, -0.2) is 0 Å². The number of hydrogen-bond acceptors (Lipinski definition) is 3. The molecule has 3 heteroatoms. The van der Waals surface area contributed by atoms with Crippen molar-refractivity contribution in [2.24, 2.45) is 0 Å². The van der Waals surface area contributed by atoms with Gasteiger partial charge in [-0.2, -0.15) is 0 Å². The molecule has 2 rings (SSSR count). The van der Waals surface area contributed by atoms with Crippen LogP contribution in [0, 0.1) is 0 Å². The van der Waals surface area contributed by atoms with E-state index in [-0.39, 0.29) is 0 Å². The van der Waals surface area contributed by atoms with E-state index in [0.29, 0.717) is 0 Å². The molecule has 1 aromatic carbocycles. The maximum Gasteiger partial charge on any atom is 0.119 e. The van der Waals surface area contributed by atoms with E-state index in [9.17, 15) is 0 Å². The number of thioether (sulfide) groups is 1. The van der Waals surface area contributed by atoms with Gasteiger partial charge in [-0.1, -0.05) is 6.42 Å². The van der Waals surface area contributed by atoms with Crippen LogP contribution >= 0.6 is 11.8 Å². The molecule has 0 radical (unpaired) electrons. The summed E-state index contributed by atoms with van der Waals surface area (Å²) >= 11 is 1.76. The Bertz CT molecular complexity index is 352. The van der Waals surface area contributed by atoms with Crippen molar-refractivity contribution in [3.8, 4) is 5.75 Å². The third-order valence-corrected chi connectivity index (χ3v) is 4.39. The summed E-state index contributed by atoms with van der Waals surface area (Å²) < 4.78 is 5.81. The zero-order valence-electron chi connectivity index (χ0n) is 11.4. The minimum atomic E-state index is 0.723. The third-order valence-electron chi connectivity index (χ3n) is 3.65. The molecule has 0 aliphatic carbocycles. The Morgan fingerprint density at radius 3 is 2.72 bits per heavy atom. The van der Waals surface area contributed by atoms with Crippen LogP contribution in [-0.2, 0) is 0 Å². The zero-order chi connectivity index (χ0) is 12.8. The van der Waals surface area contributed by atoms with Gasteiger partial charge in [0.2, 0.25) is 0 Å². The molecule has 1 heterocycles. The minimum absolute atomic E-state index is 0.723. The molecule has 1 aliphatic heterocycles. The van der Waals surface area contributed by atoms with Crippen molar-refractivity contribution in [1.29, 1.82) is 0 Å². The average Bonchev–Trinajstić information content (AvgIpc) is 2.42. The first-order valence-electron chi connectivity index (χ1n) is 6.80. The standard InChI is InChI=1S/C15H23NOS/c1-13-5-3-4-10-16(13)11-12-17-14-6-8-15(18-2)9-7-14/h6-9,13H,3-5,10-12H2,1-2H3. The lowest BCUT2D eigenvalue weighted by Gasteiger charge is -2.33.